The van der Waals surface area contributed by atoms with Crippen LogP contribution in [0.5, 0.6) is 0 Å². The van der Waals surface area contributed by atoms with Gasteiger partial charge in [-0.2, -0.15) is 0 Å². The molecule has 122 valence electrons. The third-order valence-electron chi connectivity index (χ3n) is 3.98. The molecule has 1 aromatic rings. The molecule has 1 amide bonds. The molecule has 1 heterocycles. The van der Waals surface area contributed by atoms with Crippen LogP contribution in [0.2, 0.25) is 0 Å². The van der Waals surface area contributed by atoms with E-state index in [9.17, 15) is 9.59 Å². The fraction of sp³-hybridized carbons (Fsp3) is 0.368. The number of allylic oxidation sites excluding steroid dienone is 3. The van der Waals surface area contributed by atoms with Crippen LogP contribution < -0.4 is 0 Å². The Balaban J connectivity index is 1.96. The molecule has 23 heavy (non-hydrogen) atoms. The van der Waals surface area contributed by atoms with Gasteiger partial charge in [0, 0.05) is 13.0 Å². The first-order valence-corrected chi connectivity index (χ1v) is 7.91. The fourth-order valence-corrected chi connectivity index (χ4v) is 2.69. The van der Waals surface area contributed by atoms with Gasteiger partial charge in [0.2, 0.25) is 5.91 Å². The van der Waals surface area contributed by atoms with Crippen LogP contribution in [-0.2, 0) is 11.2 Å². The Hall–Kier alpha value is -2.36. The van der Waals surface area contributed by atoms with Crippen molar-refractivity contribution in [3.63, 3.8) is 0 Å². The Morgan fingerprint density at radius 1 is 1.30 bits per heavy atom. The molecule has 1 fully saturated rings. The third-order valence-corrected chi connectivity index (χ3v) is 3.98. The van der Waals surface area contributed by atoms with E-state index in [1.807, 2.05) is 43.0 Å². The van der Waals surface area contributed by atoms with Crippen molar-refractivity contribution in [3.8, 4) is 0 Å². The summed E-state index contributed by atoms with van der Waals surface area (Å²) in [6.45, 7) is 4.75. The summed E-state index contributed by atoms with van der Waals surface area (Å²) in [5.41, 5.74) is 2.56. The van der Waals surface area contributed by atoms with Gasteiger partial charge in [-0.15, -0.1) is 0 Å². The molecule has 4 heteroatoms. The Kier molecular flexibility index (Phi) is 5.74. The molecule has 1 aliphatic heterocycles. The van der Waals surface area contributed by atoms with Crippen LogP contribution in [0.25, 0.3) is 0 Å². The van der Waals surface area contributed by atoms with Crippen LogP contribution in [0.4, 0.5) is 0 Å². The number of aromatic carboxylic acids is 1. The summed E-state index contributed by atoms with van der Waals surface area (Å²) >= 11 is 0. The topological polar surface area (TPSA) is 57.6 Å². The number of carbonyl (C=O) groups excluding carboxylic acids is 1. The number of carbonyl (C=O) groups is 2. The zero-order valence-electron chi connectivity index (χ0n) is 13.7. The normalized spacial score (nSPS) is 17.7. The summed E-state index contributed by atoms with van der Waals surface area (Å²) in [6, 6.07) is 7.01. The second-order valence-corrected chi connectivity index (χ2v) is 6.07. The molecule has 1 aliphatic rings. The Labute approximate surface area is 137 Å². The first-order valence-electron chi connectivity index (χ1n) is 7.91. The molecular weight excluding hydrogens is 290 g/mol. The first-order chi connectivity index (χ1) is 11.0. The van der Waals surface area contributed by atoms with E-state index in [1.165, 1.54) is 5.57 Å². The van der Waals surface area contributed by atoms with Crippen LogP contribution in [0.3, 0.4) is 0 Å². The molecule has 4 nitrogen and oxygen atoms in total. The zero-order chi connectivity index (χ0) is 16.8. The molecule has 0 aromatic heterocycles. The van der Waals surface area contributed by atoms with Gasteiger partial charge in [0.1, 0.15) is 0 Å². The van der Waals surface area contributed by atoms with E-state index in [2.05, 4.69) is 6.08 Å². The van der Waals surface area contributed by atoms with Gasteiger partial charge < -0.3 is 10.0 Å². The summed E-state index contributed by atoms with van der Waals surface area (Å²) in [7, 11) is 0. The fourth-order valence-electron chi connectivity index (χ4n) is 2.69. The number of benzene rings is 1. The molecule has 1 aromatic carbocycles. The van der Waals surface area contributed by atoms with Gasteiger partial charge in [0.15, 0.2) is 0 Å². The number of amides is 1. The highest BCUT2D eigenvalue weighted by Gasteiger charge is 2.28. The summed E-state index contributed by atoms with van der Waals surface area (Å²) in [5.74, 6) is -0.727. The van der Waals surface area contributed by atoms with Crippen molar-refractivity contribution in [2.24, 2.45) is 0 Å². The van der Waals surface area contributed by atoms with Gasteiger partial charge in [-0.3, -0.25) is 4.79 Å². The average molecular weight is 313 g/mol. The average Bonchev–Trinajstić information content (AvgIpc) is 2.85. The van der Waals surface area contributed by atoms with Crippen molar-refractivity contribution in [1.29, 1.82) is 0 Å². The van der Waals surface area contributed by atoms with Crippen LogP contribution in [-0.4, -0.2) is 34.5 Å². The van der Waals surface area contributed by atoms with Crippen molar-refractivity contribution in [2.75, 3.05) is 6.54 Å². The minimum atomic E-state index is -0.921. The van der Waals surface area contributed by atoms with E-state index in [4.69, 9.17) is 5.11 Å². The lowest BCUT2D eigenvalue weighted by Crippen LogP contribution is -2.33. The van der Waals surface area contributed by atoms with Gasteiger partial charge in [-0.25, -0.2) is 4.79 Å². The van der Waals surface area contributed by atoms with Crippen molar-refractivity contribution in [2.45, 2.75) is 39.2 Å². The minimum Gasteiger partial charge on any atom is -0.478 e. The summed E-state index contributed by atoms with van der Waals surface area (Å²) in [6.07, 6.45) is 8.36. The molecule has 0 saturated carbocycles. The smallest absolute Gasteiger partial charge is 0.335 e. The van der Waals surface area contributed by atoms with Crippen molar-refractivity contribution >= 4 is 11.9 Å². The minimum absolute atomic E-state index is 0.163. The van der Waals surface area contributed by atoms with Crippen LogP contribution in [0, 0.1) is 0 Å². The number of hydrogen-bond acceptors (Lipinski definition) is 2. The number of likely N-dealkylation sites (tertiary alicyclic amines) is 1. The number of hydrogen-bond donors (Lipinski definition) is 1. The standard InChI is InChI=1S/C19H23NO3/c1-14(2)4-3-5-17-10-11-18(21)20(17)13-12-15-6-8-16(9-7-15)19(22)23/h3-9,17H,10-13H2,1-2H3,(H,22,23)/b5-3-/t17-/m0/s1. The predicted molar refractivity (Wildman–Crippen MR) is 90.4 cm³/mol. The summed E-state index contributed by atoms with van der Waals surface area (Å²) < 4.78 is 0. The molecule has 0 aliphatic carbocycles. The Morgan fingerprint density at radius 2 is 2.00 bits per heavy atom. The largest absolute Gasteiger partial charge is 0.478 e. The highest BCUT2D eigenvalue weighted by Crippen LogP contribution is 2.20. The van der Waals surface area contributed by atoms with Crippen molar-refractivity contribution < 1.29 is 14.7 Å². The lowest BCUT2D eigenvalue weighted by molar-refractivity contribution is -0.128. The first kappa shape index (κ1) is 17.0. The summed E-state index contributed by atoms with van der Waals surface area (Å²) in [5, 5.41) is 8.90. The van der Waals surface area contributed by atoms with Crippen LogP contribution in [0.1, 0.15) is 42.6 Å². The van der Waals surface area contributed by atoms with E-state index >= 15 is 0 Å². The highest BCUT2D eigenvalue weighted by atomic mass is 16.4. The maximum absolute atomic E-state index is 12.0. The molecule has 0 bridgehead atoms. The highest BCUT2D eigenvalue weighted by molar-refractivity contribution is 5.87. The van der Waals surface area contributed by atoms with Gasteiger partial charge in [0.05, 0.1) is 11.6 Å². The van der Waals surface area contributed by atoms with E-state index in [0.29, 0.717) is 13.0 Å². The lowest BCUT2D eigenvalue weighted by Gasteiger charge is -2.22. The molecule has 0 spiro atoms. The van der Waals surface area contributed by atoms with E-state index in [0.717, 1.165) is 18.4 Å². The van der Waals surface area contributed by atoms with E-state index in [1.54, 1.807) is 12.1 Å². The second kappa shape index (κ2) is 7.77. The van der Waals surface area contributed by atoms with E-state index < -0.39 is 5.97 Å². The zero-order valence-corrected chi connectivity index (χ0v) is 13.7. The molecular formula is C19H23NO3. The molecule has 0 unspecified atom stereocenters. The second-order valence-electron chi connectivity index (χ2n) is 6.07. The monoisotopic (exact) mass is 313 g/mol. The van der Waals surface area contributed by atoms with Gasteiger partial charge in [-0.1, -0.05) is 35.9 Å². The predicted octanol–water partition coefficient (Wildman–Crippen LogP) is 3.44. The van der Waals surface area contributed by atoms with Gasteiger partial charge >= 0.3 is 5.97 Å². The number of rotatable bonds is 6. The molecule has 2 rings (SSSR count). The van der Waals surface area contributed by atoms with Crippen LogP contribution >= 0.6 is 0 Å². The lowest BCUT2D eigenvalue weighted by atomic mass is 10.1. The molecule has 0 radical (unpaired) electrons. The van der Waals surface area contributed by atoms with Gasteiger partial charge in [-0.05, 0) is 44.4 Å². The molecule has 1 saturated heterocycles. The number of nitrogens with zero attached hydrogens (tertiary/aromatic N) is 1. The van der Waals surface area contributed by atoms with Crippen molar-refractivity contribution in [1.82, 2.24) is 4.90 Å². The number of carboxylic acid groups (broad SMARTS) is 1. The van der Waals surface area contributed by atoms with E-state index in [-0.39, 0.29) is 17.5 Å². The maximum Gasteiger partial charge on any atom is 0.335 e. The Morgan fingerprint density at radius 3 is 2.61 bits per heavy atom. The summed E-state index contributed by atoms with van der Waals surface area (Å²) in [4.78, 5) is 24.8. The Bertz CT molecular complexity index is 625. The van der Waals surface area contributed by atoms with Crippen molar-refractivity contribution in [3.05, 3.63) is 59.2 Å². The van der Waals surface area contributed by atoms with Gasteiger partial charge in [0.25, 0.3) is 0 Å². The molecule has 1 atom stereocenters. The quantitative estimate of drug-likeness (QED) is 0.818. The third kappa shape index (κ3) is 4.81. The number of carboxylic acids is 1. The van der Waals surface area contributed by atoms with Crippen LogP contribution in [0.15, 0.2) is 48.1 Å². The SMILES string of the molecule is CC(C)=C/C=C\[C@H]1CCC(=O)N1CCc1ccc(C(=O)O)cc1. The maximum atomic E-state index is 12.0. The molecule has 1 N–H and O–H groups in total.